The molecule has 32 heavy (non-hydrogen) atoms. The van der Waals surface area contributed by atoms with Crippen LogP contribution in [0.25, 0.3) is 0 Å². The van der Waals surface area contributed by atoms with Crippen LogP contribution >= 0.6 is 34.8 Å². The third-order valence-corrected chi connectivity index (χ3v) is 4.90. The standard InChI is InChI=1S/C23H17Cl3N2O4/c1-14(31-18-8-5-16(24)6-9-18)22(29)28-27-13-15-3-2-4-19(11-15)32-23(30)20-10-7-17(25)12-21(20)26/h2-14H,1H3,(H,28,29)/b27-13+. The van der Waals surface area contributed by atoms with E-state index < -0.39 is 18.0 Å². The second-order valence-corrected chi connectivity index (χ2v) is 7.81. The fourth-order valence-corrected chi connectivity index (χ4v) is 3.12. The summed E-state index contributed by atoms with van der Waals surface area (Å²) in [5.41, 5.74) is 3.20. The van der Waals surface area contributed by atoms with Gasteiger partial charge in [-0.05, 0) is 67.1 Å². The summed E-state index contributed by atoms with van der Waals surface area (Å²) in [6.45, 7) is 1.60. The minimum absolute atomic E-state index is 0.192. The molecular formula is C23H17Cl3N2O4. The molecule has 0 aliphatic carbocycles. The van der Waals surface area contributed by atoms with Gasteiger partial charge in [0.05, 0.1) is 16.8 Å². The molecule has 0 saturated heterocycles. The van der Waals surface area contributed by atoms with Crippen LogP contribution in [0.4, 0.5) is 0 Å². The van der Waals surface area contributed by atoms with Crippen LogP contribution in [0, 0.1) is 0 Å². The van der Waals surface area contributed by atoms with Crippen LogP contribution in [0.2, 0.25) is 15.1 Å². The van der Waals surface area contributed by atoms with Gasteiger partial charge in [0.2, 0.25) is 0 Å². The molecule has 0 fully saturated rings. The number of hydrogen-bond acceptors (Lipinski definition) is 5. The Morgan fingerprint density at radius 1 is 0.938 bits per heavy atom. The second kappa shape index (κ2) is 11.0. The summed E-state index contributed by atoms with van der Waals surface area (Å²) < 4.78 is 10.9. The average Bonchev–Trinajstić information content (AvgIpc) is 2.75. The van der Waals surface area contributed by atoms with Crippen molar-refractivity contribution in [2.24, 2.45) is 5.10 Å². The number of esters is 1. The Labute approximate surface area is 199 Å². The molecule has 1 amide bonds. The van der Waals surface area contributed by atoms with Gasteiger partial charge in [0.15, 0.2) is 6.10 Å². The number of halogens is 3. The number of hydrogen-bond donors (Lipinski definition) is 1. The summed E-state index contributed by atoms with van der Waals surface area (Å²) >= 11 is 17.7. The number of carbonyl (C=O) groups is 2. The fourth-order valence-electron chi connectivity index (χ4n) is 2.51. The molecule has 1 N–H and O–H groups in total. The first kappa shape index (κ1) is 23.6. The highest BCUT2D eigenvalue weighted by molar-refractivity contribution is 6.36. The van der Waals surface area contributed by atoms with Crippen LogP contribution in [-0.4, -0.2) is 24.2 Å². The number of nitrogens with zero attached hydrogens (tertiary/aromatic N) is 1. The van der Waals surface area contributed by atoms with Gasteiger partial charge >= 0.3 is 5.97 Å². The molecule has 0 aliphatic rings. The monoisotopic (exact) mass is 490 g/mol. The predicted molar refractivity (Wildman–Crippen MR) is 125 cm³/mol. The molecule has 3 aromatic carbocycles. The fraction of sp³-hybridized carbons (Fsp3) is 0.0870. The maximum atomic E-state index is 12.3. The normalized spacial score (nSPS) is 11.8. The Bertz CT molecular complexity index is 1150. The van der Waals surface area contributed by atoms with Crippen LogP contribution in [0.5, 0.6) is 11.5 Å². The molecule has 3 rings (SSSR count). The van der Waals surface area contributed by atoms with Gasteiger partial charge in [-0.3, -0.25) is 4.79 Å². The lowest BCUT2D eigenvalue weighted by Crippen LogP contribution is -2.33. The molecule has 0 heterocycles. The molecule has 0 spiro atoms. The smallest absolute Gasteiger partial charge is 0.345 e. The van der Waals surface area contributed by atoms with E-state index >= 15 is 0 Å². The van der Waals surface area contributed by atoms with Crippen LogP contribution < -0.4 is 14.9 Å². The maximum absolute atomic E-state index is 12.3. The van der Waals surface area contributed by atoms with E-state index in [1.54, 1.807) is 61.5 Å². The zero-order chi connectivity index (χ0) is 23.1. The van der Waals surface area contributed by atoms with E-state index in [0.717, 1.165) is 0 Å². The molecule has 0 aliphatic heterocycles. The van der Waals surface area contributed by atoms with Gasteiger partial charge < -0.3 is 9.47 Å². The molecule has 0 bridgehead atoms. The van der Waals surface area contributed by atoms with Crippen LogP contribution in [0.3, 0.4) is 0 Å². The van der Waals surface area contributed by atoms with Crippen molar-refractivity contribution in [3.63, 3.8) is 0 Å². The Morgan fingerprint density at radius 2 is 1.66 bits per heavy atom. The third kappa shape index (κ3) is 6.72. The van der Waals surface area contributed by atoms with Crippen molar-refractivity contribution in [2.45, 2.75) is 13.0 Å². The second-order valence-electron chi connectivity index (χ2n) is 6.53. The van der Waals surface area contributed by atoms with E-state index in [4.69, 9.17) is 44.3 Å². The highest BCUT2D eigenvalue weighted by Gasteiger charge is 2.15. The van der Waals surface area contributed by atoms with Gasteiger partial charge in [-0.25, -0.2) is 10.2 Å². The summed E-state index contributed by atoms with van der Waals surface area (Å²) in [5, 5.41) is 5.10. The Kier molecular flexibility index (Phi) is 8.11. The van der Waals surface area contributed by atoms with Crippen molar-refractivity contribution in [1.82, 2.24) is 5.43 Å². The molecule has 164 valence electrons. The Hall–Kier alpha value is -3.06. The number of nitrogens with one attached hydrogen (secondary N) is 1. The van der Waals surface area contributed by atoms with E-state index in [1.165, 1.54) is 18.3 Å². The van der Waals surface area contributed by atoms with Gasteiger partial charge in [0, 0.05) is 10.0 Å². The molecule has 6 nitrogen and oxygen atoms in total. The summed E-state index contributed by atoms with van der Waals surface area (Å²) in [6, 6.07) is 17.8. The predicted octanol–water partition coefficient (Wildman–Crippen LogP) is 5.78. The zero-order valence-corrected chi connectivity index (χ0v) is 19.0. The number of rotatable bonds is 7. The van der Waals surface area contributed by atoms with E-state index in [0.29, 0.717) is 21.4 Å². The van der Waals surface area contributed by atoms with Crippen LogP contribution in [0.1, 0.15) is 22.8 Å². The summed E-state index contributed by atoms with van der Waals surface area (Å²) in [4.78, 5) is 24.5. The summed E-state index contributed by atoms with van der Waals surface area (Å²) in [7, 11) is 0. The summed E-state index contributed by atoms with van der Waals surface area (Å²) in [5.74, 6) is -0.259. The number of ether oxygens (including phenoxy) is 2. The van der Waals surface area contributed by atoms with E-state index in [-0.39, 0.29) is 16.3 Å². The van der Waals surface area contributed by atoms with Gasteiger partial charge in [0.1, 0.15) is 11.5 Å². The molecular weight excluding hydrogens is 475 g/mol. The Morgan fingerprint density at radius 3 is 2.38 bits per heavy atom. The van der Waals surface area contributed by atoms with Crippen molar-refractivity contribution in [2.75, 3.05) is 0 Å². The number of carbonyl (C=O) groups excluding carboxylic acids is 2. The highest BCUT2D eigenvalue weighted by atomic mass is 35.5. The third-order valence-electron chi connectivity index (χ3n) is 4.10. The van der Waals surface area contributed by atoms with Crippen molar-refractivity contribution in [1.29, 1.82) is 0 Å². The van der Waals surface area contributed by atoms with E-state index in [1.807, 2.05) is 0 Å². The topological polar surface area (TPSA) is 77.0 Å². The first-order valence-electron chi connectivity index (χ1n) is 9.34. The van der Waals surface area contributed by atoms with Gasteiger partial charge in [0.25, 0.3) is 5.91 Å². The number of benzene rings is 3. The lowest BCUT2D eigenvalue weighted by atomic mass is 10.2. The van der Waals surface area contributed by atoms with Crippen molar-refractivity contribution >= 4 is 52.9 Å². The first-order valence-corrected chi connectivity index (χ1v) is 10.5. The largest absolute Gasteiger partial charge is 0.481 e. The molecule has 0 radical (unpaired) electrons. The maximum Gasteiger partial charge on any atom is 0.345 e. The van der Waals surface area contributed by atoms with E-state index in [9.17, 15) is 9.59 Å². The number of hydrazone groups is 1. The SMILES string of the molecule is CC(Oc1ccc(Cl)cc1)C(=O)N/N=C/c1cccc(OC(=O)c2ccc(Cl)cc2Cl)c1. The molecule has 9 heteroatoms. The minimum Gasteiger partial charge on any atom is -0.481 e. The minimum atomic E-state index is -0.773. The van der Waals surface area contributed by atoms with Gasteiger partial charge in [-0.2, -0.15) is 5.10 Å². The van der Waals surface area contributed by atoms with Gasteiger partial charge in [-0.1, -0.05) is 46.9 Å². The number of amides is 1. The molecule has 1 unspecified atom stereocenters. The highest BCUT2D eigenvalue weighted by Crippen LogP contribution is 2.23. The molecule has 3 aromatic rings. The van der Waals surface area contributed by atoms with Gasteiger partial charge in [-0.15, -0.1) is 0 Å². The summed E-state index contributed by atoms with van der Waals surface area (Å²) in [6.07, 6.45) is 0.643. The van der Waals surface area contributed by atoms with E-state index in [2.05, 4.69) is 10.5 Å². The zero-order valence-electron chi connectivity index (χ0n) is 16.7. The lowest BCUT2D eigenvalue weighted by molar-refractivity contribution is -0.127. The van der Waals surface area contributed by atoms with Crippen LogP contribution in [0.15, 0.2) is 71.8 Å². The van der Waals surface area contributed by atoms with Crippen molar-refractivity contribution in [3.8, 4) is 11.5 Å². The quantitative estimate of drug-likeness (QED) is 0.197. The average molecular weight is 492 g/mol. The molecule has 0 aromatic heterocycles. The molecule has 0 saturated carbocycles. The van der Waals surface area contributed by atoms with Crippen molar-refractivity contribution < 1.29 is 19.1 Å². The lowest BCUT2D eigenvalue weighted by Gasteiger charge is -2.12. The first-order chi connectivity index (χ1) is 15.3. The van der Waals surface area contributed by atoms with Crippen molar-refractivity contribution in [3.05, 3.63) is 92.9 Å². The van der Waals surface area contributed by atoms with Crippen LogP contribution in [-0.2, 0) is 4.79 Å². The Balaban J connectivity index is 1.57. The molecule has 1 atom stereocenters.